The van der Waals surface area contributed by atoms with E-state index in [0.29, 0.717) is 22.5 Å². The van der Waals surface area contributed by atoms with E-state index in [1.54, 1.807) is 0 Å². The Morgan fingerprint density at radius 1 is 0.958 bits per heavy atom. The van der Waals surface area contributed by atoms with Crippen molar-refractivity contribution in [2.24, 2.45) is 4.99 Å². The number of anilines is 1. The summed E-state index contributed by atoms with van der Waals surface area (Å²) in [5.74, 6) is 0.0309. The number of carbonyl (C=O) groups excluding carboxylic acids is 1. The van der Waals surface area contributed by atoms with Gasteiger partial charge in [0.25, 0.3) is 0 Å². The van der Waals surface area contributed by atoms with Crippen molar-refractivity contribution >= 4 is 22.9 Å². The maximum Gasteiger partial charge on any atom is 0.171 e. The number of rotatable bonds is 2. The number of phenols is 2. The predicted molar refractivity (Wildman–Crippen MR) is 92.8 cm³/mol. The second-order valence-corrected chi connectivity index (χ2v) is 6.26. The lowest BCUT2D eigenvalue weighted by Crippen LogP contribution is -2.19. The van der Waals surface area contributed by atoms with Crippen molar-refractivity contribution in [3.05, 3.63) is 47.5 Å². The highest BCUT2D eigenvalue weighted by Crippen LogP contribution is 2.34. The Bertz CT molecular complexity index is 852. The van der Waals surface area contributed by atoms with E-state index in [0.717, 1.165) is 18.8 Å². The van der Waals surface area contributed by atoms with Crippen molar-refractivity contribution in [3.63, 3.8) is 0 Å². The highest BCUT2D eigenvalue weighted by Gasteiger charge is 2.24. The van der Waals surface area contributed by atoms with Crippen LogP contribution in [-0.4, -0.2) is 34.8 Å². The van der Waals surface area contributed by atoms with Crippen LogP contribution in [0.4, 0.5) is 11.4 Å². The van der Waals surface area contributed by atoms with Crippen molar-refractivity contribution in [1.82, 2.24) is 0 Å². The molecule has 0 saturated carbocycles. The molecule has 1 saturated heterocycles. The van der Waals surface area contributed by atoms with E-state index in [-0.39, 0.29) is 23.7 Å². The number of hydrogen-bond donors (Lipinski definition) is 2. The van der Waals surface area contributed by atoms with Crippen LogP contribution in [0.25, 0.3) is 0 Å². The van der Waals surface area contributed by atoms with E-state index in [9.17, 15) is 15.0 Å². The molecule has 2 aliphatic heterocycles. The van der Waals surface area contributed by atoms with Gasteiger partial charge in [-0.25, -0.2) is 0 Å². The van der Waals surface area contributed by atoms with E-state index >= 15 is 0 Å². The minimum atomic E-state index is -0.0150. The first kappa shape index (κ1) is 14.8. The zero-order chi connectivity index (χ0) is 16.7. The number of aromatic hydroxyl groups is 2. The van der Waals surface area contributed by atoms with Crippen LogP contribution in [0.15, 0.2) is 41.4 Å². The highest BCUT2D eigenvalue weighted by atomic mass is 16.3. The average Bonchev–Trinajstić information content (AvgIpc) is 3.11. The molecule has 0 unspecified atom stereocenters. The fourth-order valence-corrected chi connectivity index (χ4v) is 3.36. The van der Waals surface area contributed by atoms with Gasteiger partial charge in [0.1, 0.15) is 11.5 Å². The molecule has 2 heterocycles. The Morgan fingerprint density at radius 3 is 2.54 bits per heavy atom. The van der Waals surface area contributed by atoms with Crippen LogP contribution in [-0.2, 0) is 0 Å². The Kier molecular flexibility index (Phi) is 3.49. The molecule has 0 bridgehead atoms. The summed E-state index contributed by atoms with van der Waals surface area (Å²) in [7, 11) is 0. The summed E-state index contributed by atoms with van der Waals surface area (Å²) in [4.78, 5) is 19.4. The van der Waals surface area contributed by atoms with Crippen LogP contribution in [0.2, 0.25) is 0 Å². The number of hydrogen-bond acceptors (Lipinski definition) is 5. The van der Waals surface area contributed by atoms with Gasteiger partial charge in [-0.05, 0) is 49.2 Å². The lowest BCUT2D eigenvalue weighted by molar-refractivity contribution is 0.1000. The SMILES string of the molecule is O=C1CC(c2cc(O)ccc2O)=Nc2ccc(N3CCCC3)cc21. The van der Waals surface area contributed by atoms with Crippen molar-refractivity contribution < 1.29 is 15.0 Å². The van der Waals surface area contributed by atoms with Gasteiger partial charge in [0, 0.05) is 29.9 Å². The maximum absolute atomic E-state index is 12.6. The second kappa shape index (κ2) is 5.67. The smallest absolute Gasteiger partial charge is 0.171 e. The van der Waals surface area contributed by atoms with Crippen molar-refractivity contribution in [1.29, 1.82) is 0 Å². The minimum absolute atomic E-state index is 0.0106. The van der Waals surface area contributed by atoms with Gasteiger partial charge in [-0.15, -0.1) is 0 Å². The standard InChI is InChI=1S/C19H18N2O3/c22-13-4-6-18(23)15(10-13)17-11-19(24)14-9-12(3-5-16(14)20-17)21-7-1-2-8-21/h3-6,9-10,22-23H,1-2,7-8,11H2. The number of nitrogens with zero attached hydrogens (tertiary/aromatic N) is 2. The first-order chi connectivity index (χ1) is 11.6. The molecule has 2 aromatic carbocycles. The average molecular weight is 322 g/mol. The van der Waals surface area contributed by atoms with Gasteiger partial charge in [-0.1, -0.05) is 0 Å². The van der Waals surface area contributed by atoms with Crippen LogP contribution in [0.1, 0.15) is 35.2 Å². The normalized spacial score (nSPS) is 16.9. The number of aliphatic imine (C=N–C) groups is 1. The summed E-state index contributed by atoms with van der Waals surface area (Å²) in [6.07, 6.45) is 2.49. The molecule has 0 radical (unpaired) electrons. The number of fused-ring (bicyclic) bond motifs is 1. The number of ketones is 1. The highest BCUT2D eigenvalue weighted by molar-refractivity contribution is 6.21. The maximum atomic E-state index is 12.6. The van der Waals surface area contributed by atoms with Gasteiger partial charge in [0.2, 0.25) is 0 Å². The molecule has 5 nitrogen and oxygen atoms in total. The molecule has 1 fully saturated rings. The number of phenolic OH excluding ortho intramolecular Hbond substituents is 2. The quantitative estimate of drug-likeness (QED) is 0.831. The summed E-state index contributed by atoms with van der Waals surface area (Å²) >= 11 is 0. The predicted octanol–water partition coefficient (Wildman–Crippen LogP) is 3.41. The van der Waals surface area contributed by atoms with E-state index in [1.807, 2.05) is 18.2 Å². The first-order valence-corrected chi connectivity index (χ1v) is 8.14. The third-order valence-corrected chi connectivity index (χ3v) is 4.63. The molecule has 2 aliphatic rings. The minimum Gasteiger partial charge on any atom is -0.508 e. The van der Waals surface area contributed by atoms with Crippen molar-refractivity contribution in [2.45, 2.75) is 19.3 Å². The zero-order valence-electron chi connectivity index (χ0n) is 13.2. The Balaban J connectivity index is 1.75. The molecule has 0 atom stereocenters. The second-order valence-electron chi connectivity index (χ2n) is 6.26. The first-order valence-electron chi connectivity index (χ1n) is 8.14. The summed E-state index contributed by atoms with van der Waals surface area (Å²) in [5.41, 5.74) is 3.20. The molecule has 4 rings (SSSR count). The lowest BCUT2D eigenvalue weighted by atomic mass is 9.95. The van der Waals surface area contributed by atoms with Gasteiger partial charge >= 0.3 is 0 Å². The summed E-state index contributed by atoms with van der Waals surface area (Å²) < 4.78 is 0. The fourth-order valence-electron chi connectivity index (χ4n) is 3.36. The molecule has 0 amide bonds. The molecule has 24 heavy (non-hydrogen) atoms. The number of Topliss-reactive ketones (excluding diaryl/α,β-unsaturated/α-hetero) is 1. The van der Waals surface area contributed by atoms with Crippen molar-refractivity contribution in [2.75, 3.05) is 18.0 Å². The third kappa shape index (κ3) is 2.52. The van der Waals surface area contributed by atoms with Crippen LogP contribution in [0, 0.1) is 0 Å². The third-order valence-electron chi connectivity index (χ3n) is 4.63. The number of carbonyl (C=O) groups is 1. The van der Waals surface area contributed by atoms with Crippen LogP contribution in [0.5, 0.6) is 11.5 Å². The number of benzene rings is 2. The molecule has 5 heteroatoms. The molecule has 0 spiro atoms. The van der Waals surface area contributed by atoms with Gasteiger partial charge in [0.05, 0.1) is 17.8 Å². The van der Waals surface area contributed by atoms with E-state index < -0.39 is 0 Å². The van der Waals surface area contributed by atoms with Crippen LogP contribution < -0.4 is 4.90 Å². The largest absolute Gasteiger partial charge is 0.508 e. The van der Waals surface area contributed by atoms with Gasteiger partial charge in [0.15, 0.2) is 5.78 Å². The Labute approximate surface area is 139 Å². The lowest BCUT2D eigenvalue weighted by Gasteiger charge is -2.21. The molecular formula is C19H18N2O3. The summed E-state index contributed by atoms with van der Waals surface area (Å²) in [6, 6.07) is 10.0. The zero-order valence-corrected chi connectivity index (χ0v) is 13.2. The molecular weight excluding hydrogens is 304 g/mol. The van der Waals surface area contributed by atoms with Crippen LogP contribution in [0.3, 0.4) is 0 Å². The topological polar surface area (TPSA) is 73.1 Å². The molecule has 122 valence electrons. The molecule has 2 aromatic rings. The summed E-state index contributed by atoms with van der Waals surface area (Å²) in [6.45, 7) is 2.05. The Hall–Kier alpha value is -2.82. The monoisotopic (exact) mass is 322 g/mol. The van der Waals surface area contributed by atoms with Crippen LogP contribution >= 0.6 is 0 Å². The van der Waals surface area contributed by atoms with E-state index in [4.69, 9.17) is 0 Å². The van der Waals surface area contributed by atoms with Gasteiger partial charge in [-0.3, -0.25) is 9.79 Å². The van der Waals surface area contributed by atoms with Crippen molar-refractivity contribution in [3.8, 4) is 11.5 Å². The molecule has 0 aromatic heterocycles. The van der Waals surface area contributed by atoms with E-state index in [2.05, 4.69) is 9.89 Å². The molecule has 2 N–H and O–H groups in total. The molecule has 0 aliphatic carbocycles. The fraction of sp³-hybridized carbons (Fsp3) is 0.263. The summed E-state index contributed by atoms with van der Waals surface area (Å²) in [5, 5.41) is 19.6. The Morgan fingerprint density at radius 2 is 1.75 bits per heavy atom. The van der Waals surface area contributed by atoms with Gasteiger partial charge < -0.3 is 15.1 Å². The van der Waals surface area contributed by atoms with Gasteiger partial charge in [-0.2, -0.15) is 0 Å². The van der Waals surface area contributed by atoms with E-state index in [1.165, 1.54) is 31.0 Å².